The van der Waals surface area contributed by atoms with Crippen LogP contribution in [0.3, 0.4) is 0 Å². The van der Waals surface area contributed by atoms with E-state index in [2.05, 4.69) is 0 Å². The van der Waals surface area contributed by atoms with Gasteiger partial charge in [0.2, 0.25) is 5.82 Å². The van der Waals surface area contributed by atoms with Gasteiger partial charge in [-0.3, -0.25) is 9.59 Å². The van der Waals surface area contributed by atoms with Crippen LogP contribution in [0, 0.1) is 29.1 Å². The van der Waals surface area contributed by atoms with Crippen LogP contribution in [0.5, 0.6) is 0 Å². The van der Waals surface area contributed by atoms with Gasteiger partial charge in [-0.1, -0.05) is 24.3 Å². The molecule has 0 atom stereocenters. The number of halogens is 5. The SMILES string of the molecule is O=C1C=C(c2c(F)c(F)c(F)c(F)c2F)C(=O)c2ccccc21. The van der Waals surface area contributed by atoms with E-state index in [9.17, 15) is 31.5 Å². The molecular formula is C16H5F5O2. The Balaban J connectivity index is 2.30. The largest absolute Gasteiger partial charge is 0.289 e. The van der Waals surface area contributed by atoms with Gasteiger partial charge in [-0.2, -0.15) is 0 Å². The summed E-state index contributed by atoms with van der Waals surface area (Å²) in [6.45, 7) is 0. The zero-order valence-corrected chi connectivity index (χ0v) is 11.1. The van der Waals surface area contributed by atoms with Crippen molar-refractivity contribution in [3.05, 3.63) is 76.1 Å². The number of rotatable bonds is 1. The summed E-state index contributed by atoms with van der Waals surface area (Å²) in [5, 5.41) is 0. The quantitative estimate of drug-likeness (QED) is 0.454. The van der Waals surface area contributed by atoms with E-state index in [0.717, 1.165) is 0 Å². The number of Topliss-reactive ketones (excluding diaryl/α,β-unsaturated/α-hetero) is 1. The maximum Gasteiger partial charge on any atom is 0.200 e. The molecule has 0 heterocycles. The number of fused-ring (bicyclic) bond motifs is 1. The van der Waals surface area contributed by atoms with Crippen LogP contribution in [0.25, 0.3) is 5.57 Å². The fraction of sp³-hybridized carbons (Fsp3) is 0. The average Bonchev–Trinajstić information content (AvgIpc) is 2.56. The molecule has 3 rings (SSSR count). The summed E-state index contributed by atoms with van der Waals surface area (Å²) < 4.78 is 67.3. The Kier molecular flexibility index (Phi) is 3.35. The zero-order valence-electron chi connectivity index (χ0n) is 11.1. The summed E-state index contributed by atoms with van der Waals surface area (Å²) in [4.78, 5) is 24.2. The first-order valence-corrected chi connectivity index (χ1v) is 6.26. The minimum absolute atomic E-state index is 0.00915. The van der Waals surface area contributed by atoms with Crippen LogP contribution in [-0.2, 0) is 0 Å². The average molecular weight is 324 g/mol. The van der Waals surface area contributed by atoms with Crippen LogP contribution in [0.1, 0.15) is 26.3 Å². The van der Waals surface area contributed by atoms with Crippen molar-refractivity contribution in [2.24, 2.45) is 0 Å². The molecule has 0 unspecified atom stereocenters. The van der Waals surface area contributed by atoms with Gasteiger partial charge in [0, 0.05) is 16.7 Å². The summed E-state index contributed by atoms with van der Waals surface area (Å²) in [6.07, 6.45) is 0.572. The lowest BCUT2D eigenvalue weighted by Crippen LogP contribution is -2.19. The summed E-state index contributed by atoms with van der Waals surface area (Å²) in [6, 6.07) is 5.43. The highest BCUT2D eigenvalue weighted by molar-refractivity contribution is 6.38. The normalized spacial score (nSPS) is 13.9. The lowest BCUT2D eigenvalue weighted by Gasteiger charge is -2.16. The predicted molar refractivity (Wildman–Crippen MR) is 69.3 cm³/mol. The molecule has 0 spiro atoms. The number of allylic oxidation sites excluding steroid dienone is 2. The summed E-state index contributed by atoms with van der Waals surface area (Å²) >= 11 is 0. The molecule has 0 saturated heterocycles. The second kappa shape index (κ2) is 5.12. The summed E-state index contributed by atoms with van der Waals surface area (Å²) in [5.41, 5.74) is -2.46. The van der Waals surface area contributed by atoms with Crippen molar-refractivity contribution in [3.63, 3.8) is 0 Å². The number of carbonyl (C=O) groups is 2. The summed E-state index contributed by atoms with van der Waals surface area (Å²) in [7, 11) is 0. The number of carbonyl (C=O) groups excluding carboxylic acids is 2. The molecule has 0 radical (unpaired) electrons. The van der Waals surface area contributed by atoms with E-state index in [1.54, 1.807) is 0 Å². The molecule has 0 bridgehead atoms. The third-order valence-corrected chi connectivity index (χ3v) is 3.44. The van der Waals surface area contributed by atoms with Crippen molar-refractivity contribution in [2.45, 2.75) is 0 Å². The molecule has 1 aliphatic rings. The molecule has 0 aliphatic heterocycles. The van der Waals surface area contributed by atoms with Gasteiger partial charge >= 0.3 is 0 Å². The van der Waals surface area contributed by atoms with Crippen LogP contribution in [0.4, 0.5) is 22.0 Å². The number of hydrogen-bond donors (Lipinski definition) is 0. The molecular weight excluding hydrogens is 319 g/mol. The van der Waals surface area contributed by atoms with E-state index in [-0.39, 0.29) is 11.1 Å². The molecule has 0 aromatic heterocycles. The Morgan fingerprint density at radius 2 is 1.13 bits per heavy atom. The van der Waals surface area contributed by atoms with E-state index in [1.165, 1.54) is 24.3 Å². The Labute approximate surface area is 125 Å². The van der Waals surface area contributed by atoms with Crippen LogP contribution in [0.15, 0.2) is 30.3 Å². The van der Waals surface area contributed by atoms with Gasteiger partial charge in [-0.05, 0) is 6.08 Å². The van der Waals surface area contributed by atoms with Crippen molar-refractivity contribution in [2.75, 3.05) is 0 Å². The third-order valence-electron chi connectivity index (χ3n) is 3.44. The first-order chi connectivity index (χ1) is 10.8. The smallest absolute Gasteiger partial charge is 0.200 e. The fourth-order valence-electron chi connectivity index (χ4n) is 2.34. The van der Waals surface area contributed by atoms with Crippen LogP contribution in [0.2, 0.25) is 0 Å². The highest BCUT2D eigenvalue weighted by Gasteiger charge is 2.34. The molecule has 23 heavy (non-hydrogen) atoms. The monoisotopic (exact) mass is 324 g/mol. The Hall–Kier alpha value is -2.83. The van der Waals surface area contributed by atoms with Crippen LogP contribution < -0.4 is 0 Å². The number of ketones is 2. The molecule has 0 N–H and O–H groups in total. The summed E-state index contributed by atoms with van der Waals surface area (Å²) in [5.74, 6) is -12.8. The lowest BCUT2D eigenvalue weighted by atomic mass is 9.86. The van der Waals surface area contributed by atoms with Crippen molar-refractivity contribution < 1.29 is 31.5 Å². The molecule has 1 aliphatic carbocycles. The standard InChI is InChI=1S/C16H5F5O2/c17-11-10(12(18)14(20)15(21)13(11)19)8-5-9(22)6-3-1-2-4-7(6)16(8)23/h1-5H. The Bertz CT molecular complexity index is 886. The second-order valence-electron chi connectivity index (χ2n) is 4.74. The van der Waals surface area contributed by atoms with Gasteiger partial charge in [0.1, 0.15) is 0 Å². The fourth-order valence-corrected chi connectivity index (χ4v) is 2.34. The predicted octanol–water partition coefficient (Wildman–Crippen LogP) is 3.84. The highest BCUT2D eigenvalue weighted by atomic mass is 19.2. The molecule has 116 valence electrons. The maximum atomic E-state index is 13.8. The zero-order chi connectivity index (χ0) is 16.9. The molecule has 0 saturated carbocycles. The van der Waals surface area contributed by atoms with Gasteiger partial charge in [-0.15, -0.1) is 0 Å². The minimum atomic E-state index is -2.33. The number of hydrogen-bond acceptors (Lipinski definition) is 2. The van der Waals surface area contributed by atoms with Crippen LogP contribution in [-0.4, -0.2) is 11.6 Å². The van der Waals surface area contributed by atoms with Gasteiger partial charge in [0.05, 0.1) is 5.56 Å². The Morgan fingerprint density at radius 3 is 1.70 bits per heavy atom. The van der Waals surface area contributed by atoms with E-state index < -0.39 is 51.8 Å². The van der Waals surface area contributed by atoms with Gasteiger partial charge in [0.25, 0.3) is 0 Å². The van der Waals surface area contributed by atoms with Crippen LogP contribution >= 0.6 is 0 Å². The van der Waals surface area contributed by atoms with E-state index in [0.29, 0.717) is 6.08 Å². The van der Waals surface area contributed by atoms with E-state index in [4.69, 9.17) is 0 Å². The first-order valence-electron chi connectivity index (χ1n) is 6.26. The molecule has 2 aromatic rings. The van der Waals surface area contributed by atoms with Crippen molar-refractivity contribution in [3.8, 4) is 0 Å². The molecule has 0 fully saturated rings. The van der Waals surface area contributed by atoms with Gasteiger partial charge in [-0.25, -0.2) is 22.0 Å². The molecule has 0 amide bonds. The van der Waals surface area contributed by atoms with E-state index >= 15 is 0 Å². The maximum absolute atomic E-state index is 13.8. The Morgan fingerprint density at radius 1 is 0.652 bits per heavy atom. The van der Waals surface area contributed by atoms with Crippen molar-refractivity contribution in [1.82, 2.24) is 0 Å². The minimum Gasteiger partial charge on any atom is -0.289 e. The topological polar surface area (TPSA) is 34.1 Å². The molecule has 2 aromatic carbocycles. The second-order valence-corrected chi connectivity index (χ2v) is 4.74. The van der Waals surface area contributed by atoms with Gasteiger partial charge < -0.3 is 0 Å². The molecule has 7 heteroatoms. The molecule has 2 nitrogen and oxygen atoms in total. The highest BCUT2D eigenvalue weighted by Crippen LogP contribution is 2.33. The van der Waals surface area contributed by atoms with Crippen molar-refractivity contribution >= 4 is 17.1 Å². The lowest BCUT2D eigenvalue weighted by molar-refractivity contribution is 0.100. The third kappa shape index (κ3) is 2.08. The van der Waals surface area contributed by atoms with Gasteiger partial charge in [0.15, 0.2) is 34.8 Å². The number of benzene rings is 2. The van der Waals surface area contributed by atoms with E-state index in [1.807, 2.05) is 0 Å². The van der Waals surface area contributed by atoms with Crippen molar-refractivity contribution in [1.29, 1.82) is 0 Å². The first kappa shape index (κ1) is 15.1.